The van der Waals surface area contributed by atoms with Crippen LogP contribution in [0.15, 0.2) is 71.4 Å². The van der Waals surface area contributed by atoms with Gasteiger partial charge in [0.25, 0.3) is 5.69 Å². The van der Waals surface area contributed by atoms with E-state index in [1.54, 1.807) is 54.6 Å². The molecule has 0 saturated heterocycles. The number of esters is 1. The number of ether oxygens (including phenoxy) is 3. The Morgan fingerprint density at radius 3 is 2.62 bits per heavy atom. The van der Waals surface area contributed by atoms with Gasteiger partial charge in [-0.15, -0.1) is 0 Å². The highest BCUT2D eigenvalue weighted by molar-refractivity contribution is 14.1. The number of nitro groups is 1. The molecule has 0 bridgehead atoms. The molecule has 0 atom stereocenters. The first-order chi connectivity index (χ1) is 17.7. The van der Waals surface area contributed by atoms with Crippen LogP contribution < -0.4 is 14.8 Å². The van der Waals surface area contributed by atoms with Crippen LogP contribution in [0.1, 0.15) is 23.6 Å². The van der Waals surface area contributed by atoms with E-state index in [1.807, 2.05) is 0 Å². The molecule has 10 nitrogen and oxygen atoms in total. The van der Waals surface area contributed by atoms with Gasteiger partial charge in [0.1, 0.15) is 6.61 Å². The molecule has 1 heterocycles. The Kier molecular flexibility index (Phi) is 7.82. The number of nitrogens with one attached hydrogen (secondary N) is 1. The lowest BCUT2D eigenvalue weighted by Crippen LogP contribution is -2.07. The number of anilines is 1. The maximum absolute atomic E-state index is 12.4. The van der Waals surface area contributed by atoms with Crippen molar-refractivity contribution in [2.24, 2.45) is 4.99 Å². The Bertz CT molecular complexity index is 1450. The summed E-state index contributed by atoms with van der Waals surface area (Å²) in [6.45, 7) is 1.52. The summed E-state index contributed by atoms with van der Waals surface area (Å²) in [5.41, 5.74) is 2.58. The smallest absolute Gasteiger partial charge is 0.363 e. The lowest BCUT2D eigenvalue weighted by molar-refractivity contribution is -0.384. The lowest BCUT2D eigenvalue weighted by atomic mass is 10.1. The van der Waals surface area contributed by atoms with E-state index < -0.39 is 10.9 Å². The van der Waals surface area contributed by atoms with Crippen LogP contribution in [0.5, 0.6) is 11.5 Å². The Hall–Kier alpha value is -4.26. The molecule has 1 amide bonds. The van der Waals surface area contributed by atoms with Gasteiger partial charge in [-0.25, -0.2) is 9.79 Å². The monoisotopic (exact) mass is 613 g/mol. The van der Waals surface area contributed by atoms with Crippen molar-refractivity contribution in [3.63, 3.8) is 0 Å². The first kappa shape index (κ1) is 25.8. The van der Waals surface area contributed by atoms with Crippen molar-refractivity contribution in [2.75, 3.05) is 12.4 Å². The number of aliphatic imine (C=N–C) groups is 1. The summed E-state index contributed by atoms with van der Waals surface area (Å²) in [6, 6.07) is 16.5. The van der Waals surface area contributed by atoms with Crippen molar-refractivity contribution < 1.29 is 28.7 Å². The Morgan fingerprint density at radius 1 is 1.19 bits per heavy atom. The number of nitro benzene ring substituents is 1. The van der Waals surface area contributed by atoms with Crippen molar-refractivity contribution in [1.82, 2.24) is 0 Å². The second kappa shape index (κ2) is 11.2. The van der Waals surface area contributed by atoms with E-state index in [4.69, 9.17) is 14.2 Å². The molecule has 0 radical (unpaired) electrons. The molecule has 0 aromatic heterocycles. The molecule has 0 spiro atoms. The largest absolute Gasteiger partial charge is 0.493 e. The van der Waals surface area contributed by atoms with Gasteiger partial charge in [0.2, 0.25) is 11.8 Å². The molecular formula is C26H20IN3O7. The van der Waals surface area contributed by atoms with Crippen LogP contribution in [0.3, 0.4) is 0 Å². The summed E-state index contributed by atoms with van der Waals surface area (Å²) in [4.78, 5) is 38.5. The van der Waals surface area contributed by atoms with Gasteiger partial charge in [-0.1, -0.05) is 12.1 Å². The zero-order chi connectivity index (χ0) is 26.5. The number of benzene rings is 3. The van der Waals surface area contributed by atoms with E-state index in [0.717, 1.165) is 0 Å². The third-order valence-corrected chi connectivity index (χ3v) is 5.93. The van der Waals surface area contributed by atoms with Crippen molar-refractivity contribution >= 4 is 57.8 Å². The predicted octanol–water partition coefficient (Wildman–Crippen LogP) is 5.09. The Balaban J connectivity index is 1.54. The van der Waals surface area contributed by atoms with Gasteiger partial charge in [0.05, 0.1) is 15.6 Å². The van der Waals surface area contributed by atoms with Crippen molar-refractivity contribution in [2.45, 2.75) is 13.5 Å². The van der Waals surface area contributed by atoms with Gasteiger partial charge in [0.15, 0.2) is 17.2 Å². The Labute approximate surface area is 225 Å². The van der Waals surface area contributed by atoms with E-state index >= 15 is 0 Å². The van der Waals surface area contributed by atoms with Crippen LogP contribution in [0.2, 0.25) is 0 Å². The van der Waals surface area contributed by atoms with Crippen LogP contribution in [0.25, 0.3) is 6.08 Å². The Morgan fingerprint density at radius 2 is 1.95 bits per heavy atom. The van der Waals surface area contributed by atoms with E-state index in [2.05, 4.69) is 32.9 Å². The third-order valence-electron chi connectivity index (χ3n) is 5.13. The number of halogens is 1. The zero-order valence-electron chi connectivity index (χ0n) is 19.7. The molecule has 3 aromatic rings. The predicted molar refractivity (Wildman–Crippen MR) is 144 cm³/mol. The summed E-state index contributed by atoms with van der Waals surface area (Å²) in [5.74, 6) is 0.265. The molecule has 0 unspecified atom stereocenters. The number of carbonyl (C=O) groups is 2. The normalized spacial score (nSPS) is 13.6. The van der Waals surface area contributed by atoms with Crippen LogP contribution in [0, 0.1) is 13.7 Å². The van der Waals surface area contributed by atoms with Gasteiger partial charge in [-0.05, 0) is 76.2 Å². The van der Waals surface area contributed by atoms with Crippen LogP contribution in [-0.2, 0) is 20.9 Å². The number of hydrogen-bond acceptors (Lipinski definition) is 8. The van der Waals surface area contributed by atoms with E-state index in [9.17, 15) is 19.7 Å². The SMILES string of the molecule is COc1cc(/C=C2\N=C(c3ccc(NC(C)=O)cc3)OC2=O)cc(I)c1OCc1cccc([N+](=O)[O-])c1. The second-order valence-corrected chi connectivity index (χ2v) is 9.01. The van der Waals surface area contributed by atoms with E-state index in [0.29, 0.717) is 37.4 Å². The molecule has 4 rings (SSSR count). The number of cyclic esters (lactones) is 1. The maximum atomic E-state index is 12.4. The van der Waals surface area contributed by atoms with Crippen LogP contribution in [0.4, 0.5) is 11.4 Å². The van der Waals surface area contributed by atoms with Crippen molar-refractivity contribution in [3.8, 4) is 11.5 Å². The molecule has 1 N–H and O–H groups in total. The summed E-state index contributed by atoms with van der Waals surface area (Å²) < 4.78 is 17.4. The molecule has 188 valence electrons. The van der Waals surface area contributed by atoms with Gasteiger partial charge in [-0.2, -0.15) is 0 Å². The average Bonchev–Trinajstić information content (AvgIpc) is 3.23. The number of amides is 1. The molecule has 37 heavy (non-hydrogen) atoms. The highest BCUT2D eigenvalue weighted by atomic mass is 127. The fraction of sp³-hybridized carbons (Fsp3) is 0.115. The highest BCUT2D eigenvalue weighted by Gasteiger charge is 2.24. The number of methoxy groups -OCH3 is 1. The maximum Gasteiger partial charge on any atom is 0.363 e. The minimum absolute atomic E-state index is 0.0169. The topological polar surface area (TPSA) is 129 Å². The number of non-ortho nitro benzene ring substituents is 1. The van der Waals surface area contributed by atoms with Crippen LogP contribution >= 0.6 is 22.6 Å². The van der Waals surface area contributed by atoms with Gasteiger partial charge < -0.3 is 19.5 Å². The standard InChI is InChI=1S/C26H20IN3O7/c1-15(31)28-19-8-6-18(7-9-19)25-29-22(26(32)37-25)12-17-11-21(27)24(23(13-17)35-2)36-14-16-4-3-5-20(10-16)30(33)34/h3-13H,14H2,1-2H3,(H,28,31)/b22-12-. The summed E-state index contributed by atoms with van der Waals surface area (Å²) >= 11 is 2.09. The van der Waals surface area contributed by atoms with Crippen molar-refractivity contribution in [1.29, 1.82) is 0 Å². The number of carbonyl (C=O) groups excluding carboxylic acids is 2. The van der Waals surface area contributed by atoms with Crippen LogP contribution in [-0.4, -0.2) is 29.8 Å². The van der Waals surface area contributed by atoms with Crippen molar-refractivity contribution in [3.05, 3.63) is 96.7 Å². The quantitative estimate of drug-likeness (QED) is 0.123. The van der Waals surface area contributed by atoms with Gasteiger partial charge >= 0.3 is 5.97 Å². The number of hydrogen-bond donors (Lipinski definition) is 1. The first-order valence-electron chi connectivity index (χ1n) is 10.9. The summed E-state index contributed by atoms with van der Waals surface area (Å²) in [6.07, 6.45) is 1.58. The molecule has 1 aliphatic rings. The summed E-state index contributed by atoms with van der Waals surface area (Å²) in [5, 5.41) is 13.7. The summed E-state index contributed by atoms with van der Waals surface area (Å²) in [7, 11) is 1.49. The number of nitrogens with zero attached hydrogens (tertiary/aromatic N) is 2. The lowest BCUT2D eigenvalue weighted by Gasteiger charge is -2.13. The molecule has 1 aliphatic heterocycles. The fourth-order valence-electron chi connectivity index (χ4n) is 3.47. The highest BCUT2D eigenvalue weighted by Crippen LogP contribution is 2.36. The first-order valence-corrected chi connectivity index (χ1v) is 12.0. The molecule has 0 saturated carbocycles. The third kappa shape index (κ3) is 6.30. The second-order valence-electron chi connectivity index (χ2n) is 7.84. The minimum Gasteiger partial charge on any atom is -0.493 e. The molecule has 0 aliphatic carbocycles. The zero-order valence-corrected chi connectivity index (χ0v) is 21.8. The van der Waals surface area contributed by atoms with E-state index in [-0.39, 0.29) is 29.8 Å². The molecule has 0 fully saturated rings. The average molecular weight is 613 g/mol. The van der Waals surface area contributed by atoms with Gasteiger partial charge in [0, 0.05) is 30.3 Å². The van der Waals surface area contributed by atoms with E-state index in [1.165, 1.54) is 26.2 Å². The molecule has 3 aromatic carbocycles. The number of rotatable bonds is 8. The fourth-order valence-corrected chi connectivity index (χ4v) is 4.25. The molecular weight excluding hydrogens is 593 g/mol. The minimum atomic E-state index is -0.596. The molecule has 11 heteroatoms. The van der Waals surface area contributed by atoms with Gasteiger partial charge in [-0.3, -0.25) is 14.9 Å².